The number of unbranched alkanes of at least 4 members (excludes halogenated alkanes) is 1. The summed E-state index contributed by atoms with van der Waals surface area (Å²) in [5.74, 6) is 0.840. The van der Waals surface area contributed by atoms with Crippen molar-refractivity contribution in [2.45, 2.75) is 43.0 Å². The summed E-state index contributed by atoms with van der Waals surface area (Å²) < 4.78 is 5.95. The van der Waals surface area contributed by atoms with Gasteiger partial charge in [-0.1, -0.05) is 18.2 Å². The number of hydrogen-bond acceptors (Lipinski definition) is 6. The lowest BCUT2D eigenvalue weighted by Crippen LogP contribution is -2.48. The van der Waals surface area contributed by atoms with Gasteiger partial charge in [0.25, 0.3) is 0 Å². The Morgan fingerprint density at radius 3 is 2.84 bits per heavy atom. The zero-order chi connectivity index (χ0) is 14.3. The molecule has 0 aromatic carbocycles. The first-order chi connectivity index (χ1) is 9.01. The molecule has 0 radical (unpaired) electrons. The second-order valence-corrected chi connectivity index (χ2v) is 6.83. The van der Waals surface area contributed by atoms with Crippen LogP contribution < -0.4 is 5.32 Å². The number of esters is 1. The molecule has 6 heteroatoms. The van der Waals surface area contributed by atoms with Gasteiger partial charge in [0.1, 0.15) is 9.88 Å². The Morgan fingerprint density at radius 1 is 1.58 bits per heavy atom. The number of hydrogen-bond donors (Lipinski definition) is 1. The first-order valence-electron chi connectivity index (χ1n) is 6.34. The lowest BCUT2D eigenvalue weighted by molar-refractivity contribution is -0.148. The van der Waals surface area contributed by atoms with Crippen molar-refractivity contribution >= 4 is 29.1 Å². The third kappa shape index (κ3) is 5.12. The molecule has 0 aliphatic carbocycles. The van der Waals surface area contributed by atoms with Crippen molar-refractivity contribution in [3.05, 3.63) is 11.1 Å². The molecule has 1 atom stereocenters. The number of thiazole rings is 1. The molecule has 0 bridgehead atoms. The standard InChI is InChI=1S/C13H22N2O2S2/c1-10-9-19-12(15-10)18-8-6-5-7-13(2,14-3)11(16)17-4/h9,14H,5-8H2,1-4H3. The summed E-state index contributed by atoms with van der Waals surface area (Å²) in [7, 11) is 3.22. The average Bonchev–Trinajstić information content (AvgIpc) is 2.82. The Balaban J connectivity index is 2.24. The van der Waals surface area contributed by atoms with Crippen LogP contribution in [0.15, 0.2) is 9.72 Å². The molecule has 1 aromatic heterocycles. The van der Waals surface area contributed by atoms with E-state index in [4.69, 9.17) is 4.74 Å². The summed E-state index contributed by atoms with van der Waals surface area (Å²) in [6.07, 6.45) is 2.84. The molecule has 19 heavy (non-hydrogen) atoms. The number of thioether (sulfide) groups is 1. The van der Waals surface area contributed by atoms with E-state index in [1.165, 1.54) is 7.11 Å². The number of carbonyl (C=O) groups excluding carboxylic acids is 1. The topological polar surface area (TPSA) is 51.2 Å². The largest absolute Gasteiger partial charge is 0.468 e. The van der Waals surface area contributed by atoms with Crippen molar-refractivity contribution in [2.24, 2.45) is 0 Å². The molecule has 0 aliphatic heterocycles. The number of rotatable bonds is 8. The van der Waals surface area contributed by atoms with Gasteiger partial charge in [0.2, 0.25) is 0 Å². The maximum atomic E-state index is 11.7. The maximum absolute atomic E-state index is 11.7. The molecule has 0 fully saturated rings. The van der Waals surface area contributed by atoms with Gasteiger partial charge in [-0.15, -0.1) is 11.3 Å². The molecule has 0 spiro atoms. The maximum Gasteiger partial charge on any atom is 0.325 e. The average molecular weight is 302 g/mol. The van der Waals surface area contributed by atoms with Gasteiger partial charge in [-0.2, -0.15) is 0 Å². The molecule has 0 saturated heterocycles. The number of ether oxygens (including phenoxy) is 1. The van der Waals surface area contributed by atoms with Crippen molar-refractivity contribution in [3.8, 4) is 0 Å². The van der Waals surface area contributed by atoms with E-state index in [2.05, 4.69) is 15.7 Å². The van der Waals surface area contributed by atoms with Crippen LogP contribution in [-0.4, -0.2) is 36.4 Å². The molecular weight excluding hydrogens is 280 g/mol. The van der Waals surface area contributed by atoms with Crippen molar-refractivity contribution in [3.63, 3.8) is 0 Å². The lowest BCUT2D eigenvalue weighted by atomic mass is 9.95. The van der Waals surface area contributed by atoms with Gasteiger partial charge >= 0.3 is 5.97 Å². The molecule has 1 rings (SSSR count). The van der Waals surface area contributed by atoms with Crippen LogP contribution in [-0.2, 0) is 9.53 Å². The summed E-state index contributed by atoms with van der Waals surface area (Å²) in [6.45, 7) is 3.89. The van der Waals surface area contributed by atoms with Crippen molar-refractivity contribution in [1.29, 1.82) is 0 Å². The third-order valence-corrected chi connectivity index (χ3v) is 5.31. The number of carbonyl (C=O) groups is 1. The Hall–Kier alpha value is -0.590. The third-order valence-electron chi connectivity index (χ3n) is 3.08. The van der Waals surface area contributed by atoms with Gasteiger partial charge in [-0.25, -0.2) is 4.98 Å². The van der Waals surface area contributed by atoms with Crippen LogP contribution in [0.3, 0.4) is 0 Å². The molecule has 0 amide bonds. The Morgan fingerprint density at radius 2 is 2.32 bits per heavy atom. The van der Waals surface area contributed by atoms with E-state index < -0.39 is 5.54 Å². The number of nitrogens with one attached hydrogen (secondary N) is 1. The van der Waals surface area contributed by atoms with E-state index in [0.29, 0.717) is 0 Å². The Bertz CT molecular complexity index is 409. The van der Waals surface area contributed by atoms with Crippen LogP contribution in [0.25, 0.3) is 0 Å². The summed E-state index contributed by atoms with van der Waals surface area (Å²) in [5, 5.41) is 5.12. The lowest BCUT2D eigenvalue weighted by Gasteiger charge is -2.25. The number of aromatic nitrogens is 1. The van der Waals surface area contributed by atoms with E-state index in [-0.39, 0.29) is 5.97 Å². The summed E-state index contributed by atoms with van der Waals surface area (Å²) in [5.41, 5.74) is 0.512. The second kappa shape index (κ2) is 7.87. The minimum absolute atomic E-state index is 0.196. The zero-order valence-corrected chi connectivity index (χ0v) is 13.6. The number of likely N-dealkylation sites (N-methyl/N-ethyl adjacent to an activating group) is 1. The number of aryl methyl sites for hydroxylation is 1. The first-order valence-corrected chi connectivity index (χ1v) is 8.20. The predicted molar refractivity (Wildman–Crippen MR) is 80.9 cm³/mol. The highest BCUT2D eigenvalue weighted by Crippen LogP contribution is 2.24. The first kappa shape index (κ1) is 16.5. The summed E-state index contributed by atoms with van der Waals surface area (Å²) >= 11 is 3.48. The highest BCUT2D eigenvalue weighted by Gasteiger charge is 2.31. The van der Waals surface area contributed by atoms with E-state index in [0.717, 1.165) is 35.0 Å². The summed E-state index contributed by atoms with van der Waals surface area (Å²) in [6, 6.07) is 0. The molecule has 108 valence electrons. The Kier molecular flexibility index (Phi) is 6.82. The van der Waals surface area contributed by atoms with Crippen LogP contribution in [0.5, 0.6) is 0 Å². The van der Waals surface area contributed by atoms with Crippen molar-refractivity contribution < 1.29 is 9.53 Å². The monoisotopic (exact) mass is 302 g/mol. The predicted octanol–water partition coefficient (Wildman–Crippen LogP) is 2.87. The van der Waals surface area contributed by atoms with Crippen LogP contribution >= 0.6 is 23.1 Å². The fourth-order valence-electron chi connectivity index (χ4n) is 1.69. The van der Waals surface area contributed by atoms with Crippen molar-refractivity contribution in [1.82, 2.24) is 10.3 Å². The highest BCUT2D eigenvalue weighted by atomic mass is 32.2. The quantitative estimate of drug-likeness (QED) is 0.454. The molecule has 4 nitrogen and oxygen atoms in total. The minimum atomic E-state index is -0.572. The van der Waals surface area contributed by atoms with E-state index in [1.54, 1.807) is 30.1 Å². The second-order valence-electron chi connectivity index (χ2n) is 4.63. The fraction of sp³-hybridized carbons (Fsp3) is 0.692. The smallest absolute Gasteiger partial charge is 0.325 e. The van der Waals surface area contributed by atoms with E-state index in [1.807, 2.05) is 13.8 Å². The molecule has 0 aliphatic rings. The Labute approximate surface area is 123 Å². The normalized spacial score (nSPS) is 14.1. The van der Waals surface area contributed by atoms with Crippen molar-refractivity contribution in [2.75, 3.05) is 19.9 Å². The molecular formula is C13H22N2O2S2. The van der Waals surface area contributed by atoms with Crippen LogP contribution in [0, 0.1) is 6.92 Å². The number of methoxy groups -OCH3 is 1. The van der Waals surface area contributed by atoms with Gasteiger partial charge in [-0.05, 0) is 33.7 Å². The molecule has 1 N–H and O–H groups in total. The molecule has 1 heterocycles. The van der Waals surface area contributed by atoms with Gasteiger partial charge in [0, 0.05) is 16.8 Å². The van der Waals surface area contributed by atoms with Gasteiger partial charge in [0.05, 0.1) is 7.11 Å². The van der Waals surface area contributed by atoms with E-state index in [9.17, 15) is 4.79 Å². The SMILES string of the molecule is CNC(C)(CCCCSc1nc(C)cs1)C(=O)OC. The van der Waals surface area contributed by atoms with E-state index >= 15 is 0 Å². The van der Waals surface area contributed by atoms with Gasteiger partial charge in [0.15, 0.2) is 0 Å². The van der Waals surface area contributed by atoms with Gasteiger partial charge < -0.3 is 10.1 Å². The minimum Gasteiger partial charge on any atom is -0.468 e. The zero-order valence-electron chi connectivity index (χ0n) is 12.0. The molecule has 1 unspecified atom stereocenters. The molecule has 0 saturated carbocycles. The highest BCUT2D eigenvalue weighted by molar-refractivity contribution is 8.00. The van der Waals surface area contributed by atoms with Crippen LogP contribution in [0.4, 0.5) is 0 Å². The fourth-order valence-corrected chi connectivity index (χ4v) is 3.61. The molecule has 1 aromatic rings. The van der Waals surface area contributed by atoms with Crippen LogP contribution in [0.1, 0.15) is 31.9 Å². The van der Waals surface area contributed by atoms with Gasteiger partial charge in [-0.3, -0.25) is 4.79 Å². The summed E-state index contributed by atoms with van der Waals surface area (Å²) in [4.78, 5) is 16.1. The van der Waals surface area contributed by atoms with Crippen LogP contribution in [0.2, 0.25) is 0 Å². The number of nitrogens with zero attached hydrogens (tertiary/aromatic N) is 1.